The first-order valence-electron chi connectivity index (χ1n) is 7.66. The monoisotopic (exact) mass is 306 g/mol. The molecule has 0 aliphatic rings. The molecule has 1 rings (SSSR count). The van der Waals surface area contributed by atoms with Crippen LogP contribution in [0, 0.1) is 0 Å². The minimum atomic E-state index is -0.194. The third-order valence-electron chi connectivity index (χ3n) is 3.37. The molecule has 0 fully saturated rings. The molecule has 0 spiro atoms. The van der Waals surface area contributed by atoms with Gasteiger partial charge in [-0.3, -0.25) is 14.6 Å². The van der Waals surface area contributed by atoms with E-state index in [1.165, 1.54) is 12.4 Å². The van der Waals surface area contributed by atoms with Gasteiger partial charge < -0.3 is 15.1 Å². The van der Waals surface area contributed by atoms with E-state index in [0.29, 0.717) is 30.8 Å². The number of hydrogen-bond acceptors (Lipinski definition) is 4. The molecule has 1 aromatic heterocycles. The second-order valence-corrected chi connectivity index (χ2v) is 5.35. The highest BCUT2D eigenvalue weighted by Gasteiger charge is 2.15. The number of rotatable bonds is 8. The van der Waals surface area contributed by atoms with Gasteiger partial charge in [0.25, 0.3) is 11.8 Å². The standard InChI is InChI=1S/C16H26N4O2/c1-5-20(6-2)16(22)14-10-13(11-17-12-14)15(21)18-8-7-9-19(3)4/h10-12H,5-9H2,1-4H3,(H,18,21). The molecule has 0 saturated carbocycles. The normalized spacial score (nSPS) is 10.6. The molecule has 0 aliphatic carbocycles. The van der Waals surface area contributed by atoms with E-state index in [0.717, 1.165) is 13.0 Å². The Kier molecular flexibility index (Phi) is 7.52. The minimum absolute atomic E-state index is 0.0974. The Labute approximate surface area is 132 Å². The first-order valence-corrected chi connectivity index (χ1v) is 7.66. The topological polar surface area (TPSA) is 65.5 Å². The van der Waals surface area contributed by atoms with Gasteiger partial charge in [0.15, 0.2) is 0 Å². The van der Waals surface area contributed by atoms with E-state index >= 15 is 0 Å². The van der Waals surface area contributed by atoms with Crippen LogP contribution in [0.2, 0.25) is 0 Å². The Balaban J connectivity index is 2.67. The van der Waals surface area contributed by atoms with Crippen LogP contribution < -0.4 is 5.32 Å². The van der Waals surface area contributed by atoms with Gasteiger partial charge in [-0.1, -0.05) is 0 Å². The molecule has 0 bridgehead atoms. The average Bonchev–Trinajstić information content (AvgIpc) is 2.52. The van der Waals surface area contributed by atoms with Crippen molar-refractivity contribution in [2.24, 2.45) is 0 Å². The van der Waals surface area contributed by atoms with Gasteiger partial charge in [-0.15, -0.1) is 0 Å². The summed E-state index contributed by atoms with van der Waals surface area (Å²) in [6, 6.07) is 1.61. The fourth-order valence-electron chi connectivity index (χ4n) is 2.07. The Bertz CT molecular complexity index is 499. The van der Waals surface area contributed by atoms with Gasteiger partial charge in [0, 0.05) is 32.0 Å². The zero-order chi connectivity index (χ0) is 16.5. The third-order valence-corrected chi connectivity index (χ3v) is 3.37. The summed E-state index contributed by atoms with van der Waals surface area (Å²) in [6.07, 6.45) is 3.87. The van der Waals surface area contributed by atoms with Crippen molar-refractivity contribution < 1.29 is 9.59 Å². The maximum atomic E-state index is 12.3. The van der Waals surface area contributed by atoms with Crippen LogP contribution in [0.25, 0.3) is 0 Å². The summed E-state index contributed by atoms with van der Waals surface area (Å²) in [4.78, 5) is 32.1. The smallest absolute Gasteiger partial charge is 0.255 e. The highest BCUT2D eigenvalue weighted by atomic mass is 16.2. The van der Waals surface area contributed by atoms with E-state index in [-0.39, 0.29) is 11.8 Å². The van der Waals surface area contributed by atoms with Crippen molar-refractivity contribution in [1.29, 1.82) is 0 Å². The molecule has 0 atom stereocenters. The van der Waals surface area contributed by atoms with Crippen molar-refractivity contribution in [1.82, 2.24) is 20.1 Å². The maximum Gasteiger partial charge on any atom is 0.255 e. The molecule has 1 N–H and O–H groups in total. The molecule has 6 heteroatoms. The fraction of sp³-hybridized carbons (Fsp3) is 0.562. The summed E-state index contributed by atoms with van der Waals surface area (Å²) >= 11 is 0. The lowest BCUT2D eigenvalue weighted by molar-refractivity contribution is 0.0772. The molecule has 0 unspecified atom stereocenters. The van der Waals surface area contributed by atoms with E-state index in [2.05, 4.69) is 15.2 Å². The number of nitrogens with zero attached hydrogens (tertiary/aromatic N) is 3. The predicted molar refractivity (Wildman–Crippen MR) is 87.0 cm³/mol. The van der Waals surface area contributed by atoms with E-state index < -0.39 is 0 Å². The highest BCUT2D eigenvalue weighted by molar-refractivity contribution is 5.99. The summed E-state index contributed by atoms with van der Waals surface area (Å²) in [5, 5.41) is 2.85. The number of hydrogen-bond donors (Lipinski definition) is 1. The SMILES string of the molecule is CCN(CC)C(=O)c1cncc(C(=O)NCCCN(C)C)c1. The van der Waals surface area contributed by atoms with Gasteiger partial charge in [0.05, 0.1) is 11.1 Å². The van der Waals surface area contributed by atoms with Gasteiger partial charge in [-0.05, 0) is 47.0 Å². The first-order chi connectivity index (χ1) is 10.5. The van der Waals surface area contributed by atoms with Crippen LogP contribution >= 0.6 is 0 Å². The predicted octanol–water partition coefficient (Wildman–Crippen LogP) is 1.25. The van der Waals surface area contributed by atoms with Crippen LogP contribution in [0.3, 0.4) is 0 Å². The number of nitrogens with one attached hydrogen (secondary N) is 1. The third kappa shape index (κ3) is 5.44. The quantitative estimate of drug-likeness (QED) is 0.734. The van der Waals surface area contributed by atoms with Crippen LogP contribution in [0.4, 0.5) is 0 Å². The van der Waals surface area contributed by atoms with Crippen LogP contribution in [0.1, 0.15) is 41.0 Å². The Hall–Kier alpha value is -1.95. The van der Waals surface area contributed by atoms with Crippen molar-refractivity contribution >= 4 is 11.8 Å². The lowest BCUT2D eigenvalue weighted by Crippen LogP contribution is -2.31. The van der Waals surface area contributed by atoms with Gasteiger partial charge in [0.1, 0.15) is 0 Å². The van der Waals surface area contributed by atoms with E-state index in [4.69, 9.17) is 0 Å². The summed E-state index contributed by atoms with van der Waals surface area (Å²) in [5.74, 6) is -0.291. The van der Waals surface area contributed by atoms with Crippen LogP contribution in [-0.2, 0) is 0 Å². The molecule has 22 heavy (non-hydrogen) atoms. The highest BCUT2D eigenvalue weighted by Crippen LogP contribution is 2.07. The zero-order valence-corrected chi connectivity index (χ0v) is 13.9. The number of aromatic nitrogens is 1. The first kappa shape index (κ1) is 18.1. The molecule has 2 amide bonds. The Morgan fingerprint density at radius 2 is 1.77 bits per heavy atom. The van der Waals surface area contributed by atoms with Crippen LogP contribution in [0.15, 0.2) is 18.5 Å². The molecule has 0 radical (unpaired) electrons. The number of carbonyl (C=O) groups excluding carboxylic acids is 2. The summed E-state index contributed by atoms with van der Waals surface area (Å²) in [7, 11) is 3.99. The van der Waals surface area contributed by atoms with Gasteiger partial charge >= 0.3 is 0 Å². The van der Waals surface area contributed by atoms with Crippen molar-refractivity contribution in [2.45, 2.75) is 20.3 Å². The van der Waals surface area contributed by atoms with Crippen molar-refractivity contribution in [3.8, 4) is 0 Å². The van der Waals surface area contributed by atoms with E-state index in [1.807, 2.05) is 27.9 Å². The van der Waals surface area contributed by atoms with E-state index in [1.54, 1.807) is 11.0 Å². The maximum absolute atomic E-state index is 12.3. The fourth-order valence-corrected chi connectivity index (χ4v) is 2.07. The van der Waals surface area contributed by atoms with Crippen molar-refractivity contribution in [2.75, 3.05) is 40.3 Å². The van der Waals surface area contributed by atoms with Gasteiger partial charge in [0.2, 0.25) is 0 Å². The van der Waals surface area contributed by atoms with Crippen LogP contribution in [0.5, 0.6) is 0 Å². The average molecular weight is 306 g/mol. The number of carbonyl (C=O) groups is 2. The Morgan fingerprint density at radius 1 is 1.14 bits per heavy atom. The molecular weight excluding hydrogens is 280 g/mol. The molecule has 0 saturated heterocycles. The zero-order valence-electron chi connectivity index (χ0n) is 13.9. The minimum Gasteiger partial charge on any atom is -0.352 e. The Morgan fingerprint density at radius 3 is 2.36 bits per heavy atom. The molecular formula is C16H26N4O2. The molecule has 0 aromatic carbocycles. The lowest BCUT2D eigenvalue weighted by atomic mass is 10.1. The summed E-state index contributed by atoms with van der Waals surface area (Å²) in [5.41, 5.74) is 0.868. The second kappa shape index (κ2) is 9.15. The van der Waals surface area contributed by atoms with Gasteiger partial charge in [-0.2, -0.15) is 0 Å². The van der Waals surface area contributed by atoms with Crippen molar-refractivity contribution in [3.05, 3.63) is 29.6 Å². The largest absolute Gasteiger partial charge is 0.352 e. The molecule has 6 nitrogen and oxygen atoms in total. The summed E-state index contributed by atoms with van der Waals surface area (Å²) in [6.45, 7) is 6.64. The molecule has 122 valence electrons. The van der Waals surface area contributed by atoms with Crippen molar-refractivity contribution in [3.63, 3.8) is 0 Å². The summed E-state index contributed by atoms with van der Waals surface area (Å²) < 4.78 is 0. The van der Waals surface area contributed by atoms with E-state index in [9.17, 15) is 9.59 Å². The number of pyridine rings is 1. The van der Waals surface area contributed by atoms with Gasteiger partial charge in [-0.25, -0.2) is 0 Å². The molecule has 0 aliphatic heterocycles. The number of amides is 2. The lowest BCUT2D eigenvalue weighted by Gasteiger charge is -2.18. The molecule has 1 heterocycles. The molecule has 1 aromatic rings. The van der Waals surface area contributed by atoms with Crippen LogP contribution in [-0.4, -0.2) is 66.9 Å². The second-order valence-electron chi connectivity index (χ2n) is 5.35.